The van der Waals surface area contributed by atoms with Gasteiger partial charge < -0.3 is 5.32 Å². The summed E-state index contributed by atoms with van der Waals surface area (Å²) in [5, 5.41) is 7.70. The van der Waals surface area contributed by atoms with Gasteiger partial charge in [-0.2, -0.15) is 0 Å². The van der Waals surface area contributed by atoms with Gasteiger partial charge in [-0.25, -0.2) is 9.37 Å². The van der Waals surface area contributed by atoms with Crippen LogP contribution in [0.5, 0.6) is 0 Å². The number of hydrogen-bond donors (Lipinski definition) is 2. The second kappa shape index (κ2) is 6.51. The highest BCUT2D eigenvalue weighted by molar-refractivity contribution is 7.14. The number of thiazole rings is 1. The number of rotatable bonds is 3. The largest absolute Gasteiger partial charge is 0.326 e. The minimum Gasteiger partial charge on any atom is -0.326 e. The molecule has 4 rings (SSSR count). The zero-order valence-corrected chi connectivity index (χ0v) is 14.7. The molecule has 0 unspecified atom stereocenters. The van der Waals surface area contributed by atoms with E-state index in [0.717, 1.165) is 22.9 Å². The maximum atomic E-state index is 13.1. The lowest BCUT2D eigenvalue weighted by molar-refractivity contribution is -0.115. The zero-order valence-electron chi connectivity index (χ0n) is 13.2. The molecule has 2 amide bonds. The minimum atomic E-state index is -0.507. The highest BCUT2D eigenvalue weighted by atomic mass is 35.5. The van der Waals surface area contributed by atoms with Gasteiger partial charge in [0.1, 0.15) is 5.82 Å². The summed E-state index contributed by atoms with van der Waals surface area (Å²) in [6, 6.07) is 9.20. The van der Waals surface area contributed by atoms with Gasteiger partial charge in [0.25, 0.3) is 5.91 Å². The Morgan fingerprint density at radius 3 is 2.92 bits per heavy atom. The normalized spacial score (nSPS) is 12.6. The van der Waals surface area contributed by atoms with Crippen molar-refractivity contribution >= 4 is 45.6 Å². The summed E-state index contributed by atoms with van der Waals surface area (Å²) >= 11 is 7.17. The standard InChI is InChI=1S/C18H11ClFN3O2S/c19-13-7-11(20)2-3-12(13)17(25)23-18-22-15(8-26-18)9-1-4-14-10(5-9)6-16(24)21-14/h1-5,7-8H,6H2,(H,21,24)(H,22,23,25). The lowest BCUT2D eigenvalue weighted by atomic mass is 10.1. The first-order valence-electron chi connectivity index (χ1n) is 7.65. The van der Waals surface area contributed by atoms with Crippen LogP contribution in [0.15, 0.2) is 41.8 Å². The molecular formula is C18H11ClFN3O2S. The molecule has 0 bridgehead atoms. The Balaban J connectivity index is 1.54. The van der Waals surface area contributed by atoms with Gasteiger partial charge in [0.15, 0.2) is 5.13 Å². The Bertz CT molecular complexity index is 1050. The Morgan fingerprint density at radius 1 is 1.27 bits per heavy atom. The van der Waals surface area contributed by atoms with E-state index in [2.05, 4.69) is 15.6 Å². The average molecular weight is 388 g/mol. The lowest BCUT2D eigenvalue weighted by Gasteiger charge is -2.04. The molecule has 1 aliphatic heterocycles. The van der Waals surface area contributed by atoms with Gasteiger partial charge in [-0.05, 0) is 35.9 Å². The maximum absolute atomic E-state index is 13.1. The van der Waals surface area contributed by atoms with E-state index in [1.165, 1.54) is 23.5 Å². The lowest BCUT2D eigenvalue weighted by Crippen LogP contribution is -2.12. The fraction of sp³-hybridized carbons (Fsp3) is 0.0556. The van der Waals surface area contributed by atoms with Crippen molar-refractivity contribution in [2.45, 2.75) is 6.42 Å². The third kappa shape index (κ3) is 3.18. The third-order valence-corrected chi connectivity index (χ3v) is 5.00. The summed E-state index contributed by atoms with van der Waals surface area (Å²) < 4.78 is 13.1. The van der Waals surface area contributed by atoms with Crippen molar-refractivity contribution < 1.29 is 14.0 Å². The summed E-state index contributed by atoms with van der Waals surface area (Å²) in [7, 11) is 0. The first-order chi connectivity index (χ1) is 12.5. The number of benzene rings is 2. The molecule has 2 N–H and O–H groups in total. The number of hydrogen-bond acceptors (Lipinski definition) is 4. The van der Waals surface area contributed by atoms with Crippen LogP contribution in [0.1, 0.15) is 15.9 Å². The van der Waals surface area contributed by atoms with E-state index in [0.29, 0.717) is 17.2 Å². The highest BCUT2D eigenvalue weighted by Gasteiger charge is 2.19. The van der Waals surface area contributed by atoms with E-state index in [9.17, 15) is 14.0 Å². The van der Waals surface area contributed by atoms with Crippen molar-refractivity contribution in [3.8, 4) is 11.3 Å². The van der Waals surface area contributed by atoms with Crippen LogP contribution in [0.3, 0.4) is 0 Å². The first-order valence-corrected chi connectivity index (χ1v) is 8.90. The van der Waals surface area contributed by atoms with Crippen LogP contribution >= 0.6 is 22.9 Å². The molecule has 2 heterocycles. The van der Waals surface area contributed by atoms with Gasteiger partial charge in [0, 0.05) is 16.6 Å². The van der Waals surface area contributed by atoms with Gasteiger partial charge in [0.05, 0.1) is 22.7 Å². The molecule has 0 atom stereocenters. The van der Waals surface area contributed by atoms with Crippen molar-refractivity contribution in [3.63, 3.8) is 0 Å². The van der Waals surface area contributed by atoms with Crippen molar-refractivity contribution in [2.75, 3.05) is 10.6 Å². The second-order valence-corrected chi connectivity index (χ2v) is 6.98. The molecule has 0 spiro atoms. The Hall–Kier alpha value is -2.77. The minimum absolute atomic E-state index is 0.0282. The number of carbonyl (C=O) groups excluding carboxylic acids is 2. The summed E-state index contributed by atoms with van der Waals surface area (Å²) in [4.78, 5) is 28.1. The fourth-order valence-corrected chi connectivity index (χ4v) is 3.66. The molecule has 1 aromatic heterocycles. The van der Waals surface area contributed by atoms with E-state index in [1.807, 2.05) is 23.6 Å². The molecule has 0 saturated heterocycles. The Kier molecular flexibility index (Phi) is 4.18. The van der Waals surface area contributed by atoms with Crippen molar-refractivity contribution in [2.24, 2.45) is 0 Å². The SMILES string of the molecule is O=C1Cc2cc(-c3csc(NC(=O)c4ccc(F)cc4Cl)n3)ccc2N1. The molecule has 1 aliphatic rings. The number of carbonyl (C=O) groups is 2. The second-order valence-electron chi connectivity index (χ2n) is 5.71. The molecule has 0 saturated carbocycles. The summed E-state index contributed by atoms with van der Waals surface area (Å²) in [6.07, 6.45) is 0.347. The van der Waals surface area contributed by atoms with Crippen LogP contribution in [0.4, 0.5) is 15.2 Å². The molecular weight excluding hydrogens is 377 g/mol. The van der Waals surface area contributed by atoms with Gasteiger partial charge in [-0.15, -0.1) is 11.3 Å². The summed E-state index contributed by atoms with van der Waals surface area (Å²) in [6.45, 7) is 0. The van der Waals surface area contributed by atoms with Crippen LogP contribution in [-0.4, -0.2) is 16.8 Å². The molecule has 130 valence electrons. The molecule has 8 heteroatoms. The topological polar surface area (TPSA) is 71.1 Å². The number of amides is 2. The molecule has 26 heavy (non-hydrogen) atoms. The average Bonchev–Trinajstić information content (AvgIpc) is 3.19. The maximum Gasteiger partial charge on any atom is 0.258 e. The smallest absolute Gasteiger partial charge is 0.258 e. The molecule has 0 aliphatic carbocycles. The van der Waals surface area contributed by atoms with Gasteiger partial charge in [0.2, 0.25) is 5.91 Å². The van der Waals surface area contributed by atoms with Crippen molar-refractivity contribution in [3.05, 3.63) is 63.7 Å². The number of nitrogens with one attached hydrogen (secondary N) is 2. The predicted molar refractivity (Wildman–Crippen MR) is 99.2 cm³/mol. The molecule has 0 fully saturated rings. The van der Waals surface area contributed by atoms with Gasteiger partial charge >= 0.3 is 0 Å². The number of halogens is 2. The molecule has 5 nitrogen and oxygen atoms in total. The third-order valence-electron chi connectivity index (χ3n) is 3.93. The van der Waals surface area contributed by atoms with E-state index in [4.69, 9.17) is 11.6 Å². The van der Waals surface area contributed by atoms with Gasteiger partial charge in [-0.1, -0.05) is 17.7 Å². The van der Waals surface area contributed by atoms with Gasteiger partial charge in [-0.3, -0.25) is 14.9 Å². The fourth-order valence-electron chi connectivity index (χ4n) is 2.69. The number of aromatic nitrogens is 1. The van der Waals surface area contributed by atoms with Crippen LogP contribution in [-0.2, 0) is 11.2 Å². The summed E-state index contributed by atoms with van der Waals surface area (Å²) in [5.41, 5.74) is 3.46. The molecule has 3 aromatic rings. The van der Waals surface area contributed by atoms with Crippen molar-refractivity contribution in [1.29, 1.82) is 0 Å². The highest BCUT2D eigenvalue weighted by Crippen LogP contribution is 2.31. The Morgan fingerprint density at radius 2 is 2.12 bits per heavy atom. The Labute approximate surface area is 156 Å². The molecule has 2 aromatic carbocycles. The molecule has 0 radical (unpaired) electrons. The van der Waals surface area contributed by atoms with Crippen LogP contribution in [0.25, 0.3) is 11.3 Å². The number of anilines is 2. The van der Waals surface area contributed by atoms with E-state index in [-0.39, 0.29) is 16.5 Å². The van der Waals surface area contributed by atoms with Crippen LogP contribution < -0.4 is 10.6 Å². The van der Waals surface area contributed by atoms with E-state index >= 15 is 0 Å². The quantitative estimate of drug-likeness (QED) is 0.701. The number of nitrogens with zero attached hydrogens (tertiary/aromatic N) is 1. The first kappa shape index (κ1) is 16.7. The predicted octanol–water partition coefficient (Wildman–Crippen LogP) is 4.35. The van der Waals surface area contributed by atoms with Crippen molar-refractivity contribution in [1.82, 2.24) is 4.98 Å². The van der Waals surface area contributed by atoms with E-state index < -0.39 is 11.7 Å². The number of fused-ring (bicyclic) bond motifs is 1. The zero-order chi connectivity index (χ0) is 18.3. The van der Waals surface area contributed by atoms with E-state index in [1.54, 1.807) is 0 Å². The summed E-state index contributed by atoms with van der Waals surface area (Å²) in [5.74, 6) is -0.994. The van der Waals surface area contributed by atoms with Crippen LogP contribution in [0.2, 0.25) is 5.02 Å². The monoisotopic (exact) mass is 387 g/mol. The van der Waals surface area contributed by atoms with Crippen LogP contribution in [0, 0.1) is 5.82 Å².